The summed E-state index contributed by atoms with van der Waals surface area (Å²) in [4.78, 5) is 11.9. The highest BCUT2D eigenvalue weighted by atomic mass is 35.5. The van der Waals surface area contributed by atoms with Crippen molar-refractivity contribution in [2.75, 3.05) is 13.2 Å². The number of carbonyl (C=O) groups excluding carboxylic acids is 1. The maximum atomic E-state index is 13.2. The van der Waals surface area contributed by atoms with Crippen molar-refractivity contribution in [1.82, 2.24) is 5.32 Å². The molecule has 2 rings (SSSR count). The molecule has 104 valence electrons. The lowest BCUT2D eigenvalue weighted by Gasteiger charge is -2.26. The normalized spacial score (nSPS) is 26.4. The number of hydrogen-bond donors (Lipinski definition) is 2. The van der Waals surface area contributed by atoms with Crippen molar-refractivity contribution in [3.63, 3.8) is 0 Å². The van der Waals surface area contributed by atoms with Crippen molar-refractivity contribution in [2.24, 2.45) is 0 Å². The highest BCUT2D eigenvalue weighted by Crippen LogP contribution is 2.25. The lowest BCUT2D eigenvalue weighted by atomic mass is 9.96. The third kappa shape index (κ3) is 2.88. The van der Waals surface area contributed by atoms with Gasteiger partial charge in [0.05, 0.1) is 16.7 Å². The Morgan fingerprint density at radius 1 is 1.68 bits per heavy atom. The Balaban J connectivity index is 2.04. The quantitative estimate of drug-likeness (QED) is 0.890. The summed E-state index contributed by atoms with van der Waals surface area (Å²) in [6, 6.07) is 4.02. The molecule has 2 unspecified atom stereocenters. The molecule has 6 heteroatoms. The Bertz CT molecular complexity index is 497. The van der Waals surface area contributed by atoms with Gasteiger partial charge in [-0.2, -0.15) is 0 Å². The van der Waals surface area contributed by atoms with Crippen LogP contribution in [0.15, 0.2) is 18.2 Å². The molecule has 0 saturated carbocycles. The van der Waals surface area contributed by atoms with Crippen LogP contribution in [0.25, 0.3) is 0 Å². The van der Waals surface area contributed by atoms with Crippen LogP contribution in [-0.4, -0.2) is 35.9 Å². The topological polar surface area (TPSA) is 58.6 Å². The average molecular weight is 288 g/mol. The van der Waals surface area contributed by atoms with Gasteiger partial charge in [-0.25, -0.2) is 4.39 Å². The van der Waals surface area contributed by atoms with Crippen LogP contribution in [0.1, 0.15) is 23.7 Å². The molecule has 2 atom stereocenters. The molecule has 1 aliphatic heterocycles. The zero-order valence-corrected chi connectivity index (χ0v) is 11.2. The second-order valence-electron chi connectivity index (χ2n) is 4.65. The number of rotatable bonds is 3. The largest absolute Gasteiger partial charge is 0.385 e. The molecule has 4 nitrogen and oxygen atoms in total. The van der Waals surface area contributed by atoms with Crippen LogP contribution in [-0.2, 0) is 4.74 Å². The summed E-state index contributed by atoms with van der Waals surface area (Å²) in [5, 5.41) is 12.6. The maximum absolute atomic E-state index is 13.2. The number of ether oxygens (including phenoxy) is 1. The van der Waals surface area contributed by atoms with Crippen molar-refractivity contribution in [3.8, 4) is 0 Å². The minimum Gasteiger partial charge on any atom is -0.385 e. The van der Waals surface area contributed by atoms with Gasteiger partial charge >= 0.3 is 0 Å². The van der Waals surface area contributed by atoms with Gasteiger partial charge in [0.25, 0.3) is 5.91 Å². The summed E-state index contributed by atoms with van der Waals surface area (Å²) in [5.74, 6) is -1.16. The standard InChI is InChI=1S/C13H15ClFNO3/c1-8-13(18,5-6-19-8)7-16-12(17)9-3-2-4-10(15)11(9)14/h2-4,8,18H,5-7H2,1H3,(H,16,17). The predicted octanol–water partition coefficient (Wildman–Crippen LogP) is 1.75. The number of halogens is 2. The number of carbonyl (C=O) groups is 1. The van der Waals surface area contributed by atoms with Crippen molar-refractivity contribution in [2.45, 2.75) is 25.0 Å². The van der Waals surface area contributed by atoms with Gasteiger partial charge in [0.1, 0.15) is 11.4 Å². The van der Waals surface area contributed by atoms with E-state index in [4.69, 9.17) is 16.3 Å². The molecule has 1 aliphatic rings. The van der Waals surface area contributed by atoms with Crippen LogP contribution in [0.2, 0.25) is 5.02 Å². The molecule has 1 heterocycles. The molecular formula is C13H15ClFNO3. The number of hydrogen-bond acceptors (Lipinski definition) is 3. The van der Waals surface area contributed by atoms with E-state index in [0.717, 1.165) is 0 Å². The van der Waals surface area contributed by atoms with E-state index in [1.807, 2.05) is 0 Å². The molecule has 1 aromatic rings. The smallest absolute Gasteiger partial charge is 0.253 e. The fraction of sp³-hybridized carbons (Fsp3) is 0.462. The first kappa shape index (κ1) is 14.2. The zero-order chi connectivity index (χ0) is 14.0. The molecule has 0 radical (unpaired) electrons. The molecule has 0 bridgehead atoms. The second-order valence-corrected chi connectivity index (χ2v) is 5.03. The van der Waals surface area contributed by atoms with Crippen LogP contribution >= 0.6 is 11.6 Å². The number of aliphatic hydroxyl groups is 1. The highest BCUT2D eigenvalue weighted by molar-refractivity contribution is 6.34. The summed E-state index contributed by atoms with van der Waals surface area (Å²) in [6.45, 7) is 2.24. The van der Waals surface area contributed by atoms with Crippen molar-refractivity contribution < 1.29 is 19.0 Å². The number of amides is 1. The van der Waals surface area contributed by atoms with E-state index >= 15 is 0 Å². The molecule has 19 heavy (non-hydrogen) atoms. The molecule has 0 aromatic heterocycles. The first-order valence-electron chi connectivity index (χ1n) is 6.00. The Labute approximate surface area is 115 Å². The minimum absolute atomic E-state index is 0.0415. The summed E-state index contributed by atoms with van der Waals surface area (Å²) < 4.78 is 18.5. The van der Waals surface area contributed by atoms with Gasteiger partial charge in [-0.15, -0.1) is 0 Å². The van der Waals surface area contributed by atoms with Crippen molar-refractivity contribution >= 4 is 17.5 Å². The van der Waals surface area contributed by atoms with E-state index in [2.05, 4.69) is 5.32 Å². The first-order valence-corrected chi connectivity index (χ1v) is 6.38. The fourth-order valence-corrected chi connectivity index (χ4v) is 2.22. The minimum atomic E-state index is -1.09. The predicted molar refractivity (Wildman–Crippen MR) is 68.7 cm³/mol. The van der Waals surface area contributed by atoms with E-state index < -0.39 is 17.3 Å². The Kier molecular flexibility index (Phi) is 4.08. The lowest BCUT2D eigenvalue weighted by molar-refractivity contribution is -0.0251. The molecule has 1 fully saturated rings. The van der Waals surface area contributed by atoms with E-state index in [1.165, 1.54) is 18.2 Å². The van der Waals surface area contributed by atoms with E-state index in [1.54, 1.807) is 6.92 Å². The van der Waals surface area contributed by atoms with Crippen LogP contribution in [0.5, 0.6) is 0 Å². The summed E-state index contributed by atoms with van der Waals surface area (Å²) in [6.07, 6.45) is 0.0986. The van der Waals surface area contributed by atoms with Crippen molar-refractivity contribution in [1.29, 1.82) is 0 Å². The highest BCUT2D eigenvalue weighted by Gasteiger charge is 2.39. The monoisotopic (exact) mass is 287 g/mol. The summed E-state index contributed by atoms with van der Waals surface area (Å²) in [7, 11) is 0. The third-order valence-electron chi connectivity index (χ3n) is 3.41. The van der Waals surface area contributed by atoms with E-state index in [9.17, 15) is 14.3 Å². The van der Waals surface area contributed by atoms with E-state index in [0.29, 0.717) is 13.0 Å². The van der Waals surface area contributed by atoms with Gasteiger partial charge < -0.3 is 15.2 Å². The van der Waals surface area contributed by atoms with Crippen LogP contribution in [0.3, 0.4) is 0 Å². The van der Waals surface area contributed by atoms with Crippen LogP contribution in [0.4, 0.5) is 4.39 Å². The third-order valence-corrected chi connectivity index (χ3v) is 3.79. The molecular weight excluding hydrogens is 273 g/mol. The molecule has 1 saturated heterocycles. The van der Waals surface area contributed by atoms with Gasteiger partial charge in [-0.3, -0.25) is 4.79 Å². The van der Waals surface area contributed by atoms with Crippen LogP contribution in [0, 0.1) is 5.82 Å². The molecule has 0 spiro atoms. The molecule has 1 amide bonds. The molecule has 0 aliphatic carbocycles. The Morgan fingerprint density at radius 2 is 2.42 bits per heavy atom. The Morgan fingerprint density at radius 3 is 3.05 bits per heavy atom. The maximum Gasteiger partial charge on any atom is 0.253 e. The molecule has 2 N–H and O–H groups in total. The SMILES string of the molecule is CC1OCCC1(O)CNC(=O)c1cccc(F)c1Cl. The fourth-order valence-electron chi connectivity index (χ4n) is 2.01. The Hall–Kier alpha value is -1.17. The van der Waals surface area contributed by atoms with Gasteiger partial charge in [0.15, 0.2) is 0 Å². The first-order chi connectivity index (χ1) is 8.94. The van der Waals surface area contributed by atoms with Gasteiger partial charge in [0, 0.05) is 19.6 Å². The van der Waals surface area contributed by atoms with Crippen LogP contribution < -0.4 is 5.32 Å². The average Bonchev–Trinajstić information content (AvgIpc) is 2.71. The second kappa shape index (κ2) is 5.45. The number of nitrogens with one attached hydrogen (secondary N) is 1. The zero-order valence-electron chi connectivity index (χ0n) is 10.5. The van der Waals surface area contributed by atoms with Gasteiger partial charge in [0.2, 0.25) is 0 Å². The van der Waals surface area contributed by atoms with Gasteiger partial charge in [-0.1, -0.05) is 17.7 Å². The lowest BCUT2D eigenvalue weighted by Crippen LogP contribution is -2.47. The number of benzene rings is 1. The van der Waals surface area contributed by atoms with Gasteiger partial charge in [-0.05, 0) is 19.1 Å². The van der Waals surface area contributed by atoms with E-state index in [-0.39, 0.29) is 23.2 Å². The van der Waals surface area contributed by atoms with Crippen molar-refractivity contribution in [3.05, 3.63) is 34.6 Å². The molecule has 1 aromatic carbocycles. The summed E-state index contributed by atoms with van der Waals surface area (Å²) >= 11 is 5.72. The summed E-state index contributed by atoms with van der Waals surface area (Å²) in [5.41, 5.74) is -1.04.